The molecule has 4 aromatic rings. The van der Waals surface area contributed by atoms with Crippen molar-refractivity contribution >= 4 is 35.0 Å². The third-order valence-corrected chi connectivity index (χ3v) is 6.17. The second-order valence-corrected chi connectivity index (χ2v) is 8.11. The molecule has 0 aliphatic carbocycles. The molecule has 0 aliphatic rings. The first kappa shape index (κ1) is 20.7. The minimum absolute atomic E-state index is 0.360. The third kappa shape index (κ3) is 4.31. The standard InChI is InChI=1S/C22H16Cl2FN3OS/c1-29-16-9-7-15(8-10-16)28-21(17-4-2-3-5-20(17)25)26-27-22(28)30-13-14-6-11-18(23)19(24)12-14/h2-12H,13H2,1H3. The number of thioether (sulfide) groups is 1. The first-order valence-electron chi connectivity index (χ1n) is 8.98. The number of hydrogen-bond donors (Lipinski definition) is 0. The first-order valence-corrected chi connectivity index (χ1v) is 10.7. The Labute approximate surface area is 187 Å². The molecule has 3 aromatic carbocycles. The molecule has 0 saturated heterocycles. The van der Waals surface area contributed by atoms with E-state index in [0.29, 0.717) is 32.3 Å². The molecule has 0 saturated carbocycles. The third-order valence-electron chi connectivity index (χ3n) is 4.43. The maximum absolute atomic E-state index is 14.5. The zero-order chi connectivity index (χ0) is 21.1. The summed E-state index contributed by atoms with van der Waals surface area (Å²) >= 11 is 13.6. The molecular weight excluding hydrogens is 444 g/mol. The number of hydrogen-bond acceptors (Lipinski definition) is 4. The van der Waals surface area contributed by atoms with Gasteiger partial charge in [0.2, 0.25) is 0 Å². The Morgan fingerprint density at radius 2 is 1.73 bits per heavy atom. The van der Waals surface area contributed by atoms with Crippen molar-refractivity contribution in [3.63, 3.8) is 0 Å². The van der Waals surface area contributed by atoms with Crippen LogP contribution in [-0.4, -0.2) is 21.9 Å². The number of halogens is 3. The topological polar surface area (TPSA) is 39.9 Å². The highest BCUT2D eigenvalue weighted by molar-refractivity contribution is 7.98. The van der Waals surface area contributed by atoms with Crippen LogP contribution in [-0.2, 0) is 5.75 Å². The Kier molecular flexibility index (Phi) is 6.27. The van der Waals surface area contributed by atoms with Crippen molar-refractivity contribution in [3.05, 3.63) is 88.2 Å². The van der Waals surface area contributed by atoms with Crippen molar-refractivity contribution in [2.24, 2.45) is 0 Å². The highest BCUT2D eigenvalue weighted by atomic mass is 35.5. The van der Waals surface area contributed by atoms with Crippen molar-refractivity contribution in [2.75, 3.05) is 7.11 Å². The van der Waals surface area contributed by atoms with Gasteiger partial charge in [-0.15, -0.1) is 10.2 Å². The quantitative estimate of drug-likeness (QED) is 0.301. The molecule has 0 radical (unpaired) electrons. The lowest BCUT2D eigenvalue weighted by Gasteiger charge is -2.12. The summed E-state index contributed by atoms with van der Waals surface area (Å²) in [6.07, 6.45) is 0. The minimum atomic E-state index is -0.360. The molecule has 0 aliphatic heterocycles. The number of methoxy groups -OCH3 is 1. The molecule has 0 spiro atoms. The van der Waals surface area contributed by atoms with Crippen LogP contribution in [0.2, 0.25) is 10.0 Å². The van der Waals surface area contributed by atoms with Crippen LogP contribution in [0.15, 0.2) is 71.9 Å². The molecule has 0 N–H and O–H groups in total. The van der Waals surface area contributed by atoms with Crippen LogP contribution in [0.3, 0.4) is 0 Å². The van der Waals surface area contributed by atoms with E-state index in [-0.39, 0.29) is 5.82 Å². The largest absolute Gasteiger partial charge is 0.497 e. The molecule has 8 heteroatoms. The number of rotatable bonds is 6. The van der Waals surface area contributed by atoms with Crippen molar-refractivity contribution in [2.45, 2.75) is 10.9 Å². The van der Waals surface area contributed by atoms with Crippen molar-refractivity contribution < 1.29 is 9.13 Å². The monoisotopic (exact) mass is 459 g/mol. The van der Waals surface area contributed by atoms with E-state index in [1.807, 2.05) is 41.0 Å². The van der Waals surface area contributed by atoms with E-state index in [0.717, 1.165) is 17.0 Å². The summed E-state index contributed by atoms with van der Waals surface area (Å²) < 4.78 is 21.6. The van der Waals surface area contributed by atoms with Crippen LogP contribution in [0, 0.1) is 5.82 Å². The van der Waals surface area contributed by atoms with Gasteiger partial charge < -0.3 is 4.74 Å². The molecule has 0 amide bonds. The zero-order valence-electron chi connectivity index (χ0n) is 15.8. The van der Waals surface area contributed by atoms with Crippen molar-refractivity contribution in [1.29, 1.82) is 0 Å². The lowest BCUT2D eigenvalue weighted by Crippen LogP contribution is -2.01. The molecule has 0 atom stereocenters. The number of aromatic nitrogens is 3. The Morgan fingerprint density at radius 1 is 0.967 bits per heavy atom. The second kappa shape index (κ2) is 9.08. The highest BCUT2D eigenvalue weighted by Crippen LogP contribution is 2.32. The van der Waals surface area contributed by atoms with E-state index < -0.39 is 0 Å². The average Bonchev–Trinajstić information content (AvgIpc) is 3.18. The minimum Gasteiger partial charge on any atom is -0.497 e. The molecule has 0 unspecified atom stereocenters. The summed E-state index contributed by atoms with van der Waals surface area (Å²) in [7, 11) is 1.61. The van der Waals surface area contributed by atoms with Gasteiger partial charge in [-0.1, -0.05) is 53.2 Å². The lowest BCUT2D eigenvalue weighted by molar-refractivity contribution is 0.414. The zero-order valence-corrected chi connectivity index (χ0v) is 18.2. The first-order chi connectivity index (χ1) is 14.6. The SMILES string of the molecule is COc1ccc(-n2c(SCc3ccc(Cl)c(Cl)c3)nnc2-c2ccccc2F)cc1. The summed E-state index contributed by atoms with van der Waals surface area (Å²) in [6.45, 7) is 0. The van der Waals surface area contributed by atoms with Gasteiger partial charge in [-0.25, -0.2) is 4.39 Å². The van der Waals surface area contributed by atoms with Crippen molar-refractivity contribution in [1.82, 2.24) is 14.8 Å². The van der Waals surface area contributed by atoms with Gasteiger partial charge in [-0.2, -0.15) is 0 Å². The van der Waals surface area contributed by atoms with Crippen LogP contribution in [0.4, 0.5) is 4.39 Å². The van der Waals surface area contributed by atoms with E-state index in [1.54, 1.807) is 31.4 Å². The van der Waals surface area contributed by atoms with E-state index in [9.17, 15) is 4.39 Å². The van der Waals surface area contributed by atoms with Crippen LogP contribution in [0.5, 0.6) is 5.75 Å². The van der Waals surface area contributed by atoms with Crippen LogP contribution in [0.25, 0.3) is 17.1 Å². The smallest absolute Gasteiger partial charge is 0.196 e. The van der Waals surface area contributed by atoms with E-state index >= 15 is 0 Å². The number of nitrogens with zero attached hydrogens (tertiary/aromatic N) is 3. The summed E-state index contributed by atoms with van der Waals surface area (Å²) in [5.41, 5.74) is 2.17. The molecule has 4 nitrogen and oxygen atoms in total. The van der Waals surface area contributed by atoms with Gasteiger partial charge in [0.1, 0.15) is 11.6 Å². The predicted molar refractivity (Wildman–Crippen MR) is 119 cm³/mol. The molecular formula is C22H16Cl2FN3OS. The summed E-state index contributed by atoms with van der Waals surface area (Å²) in [4.78, 5) is 0. The van der Waals surface area contributed by atoms with Gasteiger partial charge in [0.25, 0.3) is 0 Å². The molecule has 1 heterocycles. The van der Waals surface area contributed by atoms with Crippen LogP contribution in [0.1, 0.15) is 5.56 Å². The Bertz CT molecular complexity index is 1180. The summed E-state index contributed by atoms with van der Waals surface area (Å²) in [5.74, 6) is 1.39. The van der Waals surface area contributed by atoms with Crippen molar-refractivity contribution in [3.8, 4) is 22.8 Å². The van der Waals surface area contributed by atoms with Gasteiger partial charge in [0, 0.05) is 5.75 Å². The normalized spacial score (nSPS) is 10.9. The van der Waals surface area contributed by atoms with Crippen LogP contribution < -0.4 is 4.74 Å². The number of benzene rings is 3. The van der Waals surface area contributed by atoms with E-state index in [2.05, 4.69) is 10.2 Å². The van der Waals surface area contributed by atoms with Gasteiger partial charge >= 0.3 is 0 Å². The second-order valence-electron chi connectivity index (χ2n) is 6.36. The molecule has 4 rings (SSSR count). The molecule has 0 bridgehead atoms. The molecule has 0 fully saturated rings. The van der Waals surface area contributed by atoms with Crippen LogP contribution >= 0.6 is 35.0 Å². The molecule has 152 valence electrons. The Hall–Kier alpha value is -2.54. The maximum atomic E-state index is 14.5. The van der Waals surface area contributed by atoms with E-state index in [1.165, 1.54) is 17.8 Å². The van der Waals surface area contributed by atoms with E-state index in [4.69, 9.17) is 27.9 Å². The average molecular weight is 460 g/mol. The highest BCUT2D eigenvalue weighted by Gasteiger charge is 2.19. The molecule has 30 heavy (non-hydrogen) atoms. The molecule has 1 aromatic heterocycles. The Balaban J connectivity index is 1.74. The number of ether oxygens (including phenoxy) is 1. The summed E-state index contributed by atoms with van der Waals surface area (Å²) in [5, 5.41) is 10.2. The van der Waals surface area contributed by atoms with Gasteiger partial charge in [0.15, 0.2) is 11.0 Å². The fourth-order valence-electron chi connectivity index (χ4n) is 2.92. The fourth-order valence-corrected chi connectivity index (χ4v) is 4.14. The van der Waals surface area contributed by atoms with Gasteiger partial charge in [-0.05, 0) is 54.1 Å². The predicted octanol–water partition coefficient (Wildman–Crippen LogP) is 6.68. The Morgan fingerprint density at radius 3 is 2.43 bits per heavy atom. The lowest BCUT2D eigenvalue weighted by atomic mass is 10.2. The fraction of sp³-hybridized carbons (Fsp3) is 0.0909. The summed E-state index contributed by atoms with van der Waals surface area (Å²) in [6, 6.07) is 19.5. The van der Waals surface area contributed by atoms with Gasteiger partial charge in [-0.3, -0.25) is 4.57 Å². The van der Waals surface area contributed by atoms with Gasteiger partial charge in [0.05, 0.1) is 28.4 Å². The maximum Gasteiger partial charge on any atom is 0.196 e.